The molecular weight excluding hydrogens is 372 g/mol. The molecule has 0 saturated carbocycles. The third kappa shape index (κ3) is 14.5. The Balaban J connectivity index is 4.09. The molecule has 0 radical (unpaired) electrons. The topological polar surface area (TPSA) is 66.8 Å². The van der Waals surface area contributed by atoms with Gasteiger partial charge in [-0.1, -0.05) is 77.2 Å². The summed E-state index contributed by atoms with van der Waals surface area (Å²) in [6.45, 7) is 2.37. The van der Waals surface area contributed by atoms with Crippen molar-refractivity contribution in [3.63, 3.8) is 0 Å². The van der Waals surface area contributed by atoms with Gasteiger partial charge >= 0.3 is 5.97 Å². The number of methoxy groups -OCH3 is 1. The smallest absolute Gasteiger partial charge is 0.322 e. The summed E-state index contributed by atoms with van der Waals surface area (Å²) in [7, 11) is 1.34. The first-order valence-electron chi connectivity index (χ1n) is 11.3. The lowest BCUT2D eigenvalue weighted by molar-refractivity contribution is -0.139. The SMILES string of the molecule is CCCCCCCCCCCCCC=C(C(S)C(=O)OC)[C@H](O)CCCCO. The number of carbonyl (C=O) groups excluding carboxylic acids is 1. The van der Waals surface area contributed by atoms with Gasteiger partial charge in [0.25, 0.3) is 0 Å². The van der Waals surface area contributed by atoms with Gasteiger partial charge in [0.2, 0.25) is 0 Å². The lowest BCUT2D eigenvalue weighted by Gasteiger charge is -2.19. The van der Waals surface area contributed by atoms with Crippen molar-refractivity contribution in [2.45, 2.75) is 115 Å². The molecule has 166 valence electrons. The van der Waals surface area contributed by atoms with Crippen molar-refractivity contribution >= 4 is 18.6 Å². The standard InChI is InChI=1S/C23H44O4S/c1-3-4-5-6-7-8-9-10-11-12-13-14-17-20(22(28)23(26)27-2)21(25)18-15-16-19-24/h17,21-22,24-25,28H,3-16,18-19H2,1-2H3/t21-,22?/m1/s1. The molecule has 1 unspecified atom stereocenters. The van der Waals surface area contributed by atoms with Crippen LogP contribution >= 0.6 is 12.6 Å². The molecule has 0 aliphatic carbocycles. The first-order chi connectivity index (χ1) is 13.6. The molecule has 28 heavy (non-hydrogen) atoms. The van der Waals surface area contributed by atoms with Crippen LogP contribution in [0.1, 0.15) is 103 Å². The number of aliphatic hydroxyl groups excluding tert-OH is 2. The van der Waals surface area contributed by atoms with E-state index in [0.717, 1.165) is 19.3 Å². The van der Waals surface area contributed by atoms with Gasteiger partial charge in [-0.25, -0.2) is 0 Å². The van der Waals surface area contributed by atoms with E-state index in [2.05, 4.69) is 19.6 Å². The van der Waals surface area contributed by atoms with Crippen LogP contribution in [-0.4, -0.2) is 41.3 Å². The van der Waals surface area contributed by atoms with E-state index in [1.165, 1.54) is 71.3 Å². The maximum atomic E-state index is 11.8. The molecule has 2 atom stereocenters. The third-order valence-corrected chi connectivity index (χ3v) is 5.71. The highest BCUT2D eigenvalue weighted by atomic mass is 32.1. The molecule has 2 N–H and O–H groups in total. The molecule has 0 aromatic carbocycles. The molecule has 0 fully saturated rings. The number of thiol groups is 1. The predicted octanol–water partition coefficient (Wildman–Crippen LogP) is 5.61. The van der Waals surface area contributed by atoms with Gasteiger partial charge in [0.05, 0.1) is 13.2 Å². The van der Waals surface area contributed by atoms with Crippen molar-refractivity contribution in [1.82, 2.24) is 0 Å². The highest BCUT2D eigenvalue weighted by Crippen LogP contribution is 2.21. The monoisotopic (exact) mass is 416 g/mol. The van der Waals surface area contributed by atoms with Gasteiger partial charge in [-0.15, -0.1) is 0 Å². The summed E-state index contributed by atoms with van der Waals surface area (Å²) in [4.78, 5) is 11.8. The van der Waals surface area contributed by atoms with E-state index in [9.17, 15) is 9.90 Å². The number of carbonyl (C=O) groups is 1. The highest BCUT2D eigenvalue weighted by Gasteiger charge is 2.24. The van der Waals surface area contributed by atoms with E-state index in [0.29, 0.717) is 18.4 Å². The first-order valence-corrected chi connectivity index (χ1v) is 11.8. The second-order valence-electron chi connectivity index (χ2n) is 7.69. The maximum absolute atomic E-state index is 11.8. The summed E-state index contributed by atoms with van der Waals surface area (Å²) >= 11 is 4.34. The normalized spacial score (nSPS) is 14.1. The zero-order valence-electron chi connectivity index (χ0n) is 18.2. The van der Waals surface area contributed by atoms with Crippen LogP contribution in [0.2, 0.25) is 0 Å². The second kappa shape index (κ2) is 19.8. The minimum atomic E-state index is -0.721. The van der Waals surface area contributed by atoms with Crippen LogP contribution in [-0.2, 0) is 9.53 Å². The Kier molecular flexibility index (Phi) is 19.4. The summed E-state index contributed by atoms with van der Waals surface area (Å²) < 4.78 is 4.77. The molecular formula is C23H44O4S. The Morgan fingerprint density at radius 2 is 1.46 bits per heavy atom. The minimum Gasteiger partial charge on any atom is -0.468 e. The average molecular weight is 417 g/mol. The summed E-state index contributed by atoms with van der Waals surface area (Å²) in [6.07, 6.45) is 18.3. The van der Waals surface area contributed by atoms with Crippen LogP contribution in [0.5, 0.6) is 0 Å². The van der Waals surface area contributed by atoms with E-state index in [-0.39, 0.29) is 6.61 Å². The van der Waals surface area contributed by atoms with E-state index in [1.54, 1.807) is 0 Å². The molecule has 0 aromatic rings. The fourth-order valence-corrected chi connectivity index (χ4v) is 3.75. The zero-order chi connectivity index (χ0) is 21.0. The lowest BCUT2D eigenvalue weighted by Crippen LogP contribution is -2.26. The van der Waals surface area contributed by atoms with Gasteiger partial charge in [-0.3, -0.25) is 4.79 Å². The van der Waals surface area contributed by atoms with Crippen LogP contribution < -0.4 is 0 Å². The number of ether oxygens (including phenoxy) is 1. The van der Waals surface area contributed by atoms with Gasteiger partial charge < -0.3 is 14.9 Å². The van der Waals surface area contributed by atoms with Gasteiger partial charge in [0.1, 0.15) is 5.25 Å². The molecule has 0 spiro atoms. The molecule has 0 aliphatic rings. The molecule has 0 bridgehead atoms. The summed E-state index contributed by atoms with van der Waals surface area (Å²) in [6, 6.07) is 0. The number of hydrogen-bond donors (Lipinski definition) is 3. The molecule has 0 heterocycles. The Labute approximate surface area is 178 Å². The number of hydrogen-bond acceptors (Lipinski definition) is 5. The Hall–Kier alpha value is -0.520. The summed E-state index contributed by atoms with van der Waals surface area (Å²) in [5, 5.41) is 18.6. The number of allylic oxidation sites excluding steroid dienone is 1. The van der Waals surface area contributed by atoms with Gasteiger partial charge in [0, 0.05) is 6.61 Å². The van der Waals surface area contributed by atoms with Crippen LogP contribution in [0.15, 0.2) is 11.6 Å². The maximum Gasteiger partial charge on any atom is 0.322 e. The molecule has 4 nitrogen and oxygen atoms in total. The van der Waals surface area contributed by atoms with E-state index >= 15 is 0 Å². The first kappa shape index (κ1) is 27.5. The van der Waals surface area contributed by atoms with Gasteiger partial charge in [-0.2, -0.15) is 12.6 Å². The number of rotatable bonds is 19. The van der Waals surface area contributed by atoms with Gasteiger partial charge in [-0.05, 0) is 37.7 Å². The number of aliphatic hydroxyl groups is 2. The molecule has 5 heteroatoms. The summed E-state index contributed by atoms with van der Waals surface area (Å²) in [5.41, 5.74) is 0.639. The van der Waals surface area contributed by atoms with E-state index < -0.39 is 17.3 Å². The lowest BCUT2D eigenvalue weighted by atomic mass is 9.98. The molecule has 0 saturated heterocycles. The molecule has 0 aliphatic heterocycles. The average Bonchev–Trinajstić information content (AvgIpc) is 2.70. The third-order valence-electron chi connectivity index (χ3n) is 5.20. The van der Waals surface area contributed by atoms with Crippen molar-refractivity contribution in [2.75, 3.05) is 13.7 Å². The van der Waals surface area contributed by atoms with E-state index in [1.807, 2.05) is 6.08 Å². The van der Waals surface area contributed by atoms with Gasteiger partial charge in [0.15, 0.2) is 0 Å². The summed E-state index contributed by atoms with van der Waals surface area (Å²) in [5.74, 6) is -0.435. The second-order valence-corrected chi connectivity index (χ2v) is 8.21. The van der Waals surface area contributed by atoms with Crippen molar-refractivity contribution < 1.29 is 19.7 Å². The fraction of sp³-hybridized carbons (Fsp3) is 0.870. The Morgan fingerprint density at radius 3 is 1.96 bits per heavy atom. The van der Waals surface area contributed by atoms with Crippen LogP contribution in [0.3, 0.4) is 0 Å². The highest BCUT2D eigenvalue weighted by molar-refractivity contribution is 7.82. The number of esters is 1. The van der Waals surface area contributed by atoms with Crippen LogP contribution in [0.25, 0.3) is 0 Å². The van der Waals surface area contributed by atoms with Crippen LogP contribution in [0, 0.1) is 0 Å². The largest absolute Gasteiger partial charge is 0.468 e. The molecule has 0 rings (SSSR count). The van der Waals surface area contributed by atoms with Crippen LogP contribution in [0.4, 0.5) is 0 Å². The van der Waals surface area contributed by atoms with Crippen molar-refractivity contribution in [2.24, 2.45) is 0 Å². The van der Waals surface area contributed by atoms with Crippen molar-refractivity contribution in [3.05, 3.63) is 11.6 Å². The van der Waals surface area contributed by atoms with Crippen molar-refractivity contribution in [3.8, 4) is 0 Å². The molecule has 0 amide bonds. The zero-order valence-corrected chi connectivity index (χ0v) is 19.1. The number of unbranched alkanes of at least 4 members (excludes halogenated alkanes) is 12. The quantitative estimate of drug-likeness (QED) is 0.111. The predicted molar refractivity (Wildman–Crippen MR) is 121 cm³/mol. The fourth-order valence-electron chi connectivity index (χ4n) is 3.37. The Bertz CT molecular complexity index is 398. The van der Waals surface area contributed by atoms with Crippen molar-refractivity contribution in [1.29, 1.82) is 0 Å². The van der Waals surface area contributed by atoms with E-state index in [4.69, 9.17) is 9.84 Å². The Morgan fingerprint density at radius 1 is 0.929 bits per heavy atom. The molecule has 0 aromatic heterocycles. The minimum absolute atomic E-state index is 0.117.